The van der Waals surface area contributed by atoms with Crippen molar-refractivity contribution in [1.82, 2.24) is 15.5 Å². The van der Waals surface area contributed by atoms with Gasteiger partial charge in [0.2, 0.25) is 23.5 Å². The first-order chi connectivity index (χ1) is 12.6. The molecule has 0 aliphatic rings. The zero-order valence-electron chi connectivity index (χ0n) is 14.2. The molecule has 0 saturated heterocycles. The third kappa shape index (κ3) is 4.56. The first kappa shape index (κ1) is 17.4. The fraction of sp³-hybridized carbons (Fsp3) is 0.222. The minimum atomic E-state index is -0.165. The van der Waals surface area contributed by atoms with Crippen molar-refractivity contribution >= 4 is 17.5 Å². The molecule has 0 bridgehead atoms. The van der Waals surface area contributed by atoms with Crippen LogP contribution in [0, 0.1) is 0 Å². The molecule has 2 heterocycles. The number of anilines is 1. The van der Waals surface area contributed by atoms with E-state index in [2.05, 4.69) is 20.8 Å². The molecule has 0 unspecified atom stereocenters. The van der Waals surface area contributed by atoms with Gasteiger partial charge in [0.15, 0.2) is 5.76 Å². The summed E-state index contributed by atoms with van der Waals surface area (Å²) in [4.78, 5) is 27.6. The molecule has 134 valence electrons. The lowest BCUT2D eigenvalue weighted by Gasteiger charge is -2.06. The van der Waals surface area contributed by atoms with E-state index in [0.717, 1.165) is 5.56 Å². The summed E-state index contributed by atoms with van der Waals surface area (Å²) in [7, 11) is 1.60. The number of amides is 2. The van der Waals surface area contributed by atoms with Gasteiger partial charge in [-0.2, -0.15) is 4.98 Å². The fourth-order valence-electron chi connectivity index (χ4n) is 2.29. The summed E-state index contributed by atoms with van der Waals surface area (Å²) in [6, 6.07) is 10.6. The Kier molecular flexibility index (Phi) is 5.43. The molecule has 2 aromatic heterocycles. The molecule has 0 aliphatic carbocycles. The van der Waals surface area contributed by atoms with Gasteiger partial charge in [0.25, 0.3) is 0 Å². The van der Waals surface area contributed by atoms with Gasteiger partial charge >= 0.3 is 0 Å². The summed E-state index contributed by atoms with van der Waals surface area (Å²) in [5.41, 5.74) is 1.54. The molecule has 0 aliphatic heterocycles. The van der Waals surface area contributed by atoms with Crippen molar-refractivity contribution in [2.24, 2.45) is 0 Å². The van der Waals surface area contributed by atoms with Gasteiger partial charge in [-0.1, -0.05) is 17.3 Å². The summed E-state index contributed by atoms with van der Waals surface area (Å²) in [5.74, 6) is 1.02. The Bertz CT molecular complexity index is 869. The van der Waals surface area contributed by atoms with Crippen LogP contribution < -0.4 is 10.6 Å². The summed E-state index contributed by atoms with van der Waals surface area (Å²) in [6.45, 7) is 0. The number of furan rings is 1. The molecule has 0 fully saturated rings. The van der Waals surface area contributed by atoms with Crippen molar-refractivity contribution in [2.75, 3.05) is 12.4 Å². The van der Waals surface area contributed by atoms with Crippen molar-refractivity contribution in [3.05, 3.63) is 54.1 Å². The van der Waals surface area contributed by atoms with Crippen molar-refractivity contribution in [2.45, 2.75) is 19.3 Å². The van der Waals surface area contributed by atoms with Gasteiger partial charge in [-0.3, -0.25) is 9.59 Å². The summed E-state index contributed by atoms with van der Waals surface area (Å²) in [6.07, 6.45) is 2.37. The van der Waals surface area contributed by atoms with Crippen molar-refractivity contribution in [3.63, 3.8) is 0 Å². The van der Waals surface area contributed by atoms with Gasteiger partial charge in [0.05, 0.1) is 12.7 Å². The van der Waals surface area contributed by atoms with Gasteiger partial charge in [-0.25, -0.2) is 0 Å². The maximum absolute atomic E-state index is 12.0. The van der Waals surface area contributed by atoms with Crippen molar-refractivity contribution in [1.29, 1.82) is 0 Å². The topological polar surface area (TPSA) is 110 Å². The van der Waals surface area contributed by atoms with E-state index in [4.69, 9.17) is 8.94 Å². The largest absolute Gasteiger partial charge is 0.461 e. The highest BCUT2D eigenvalue weighted by Crippen LogP contribution is 2.16. The molecule has 8 heteroatoms. The molecule has 0 atom stereocenters. The van der Waals surface area contributed by atoms with Gasteiger partial charge in [0, 0.05) is 25.6 Å². The van der Waals surface area contributed by atoms with Crippen LogP contribution in [0.2, 0.25) is 0 Å². The van der Waals surface area contributed by atoms with E-state index < -0.39 is 0 Å². The Hall–Kier alpha value is -3.42. The Labute approximate surface area is 149 Å². The smallest absolute Gasteiger partial charge is 0.238 e. The third-order valence-corrected chi connectivity index (χ3v) is 3.66. The van der Waals surface area contributed by atoms with Crippen LogP contribution in [-0.2, 0) is 22.4 Å². The Morgan fingerprint density at radius 2 is 1.92 bits per heavy atom. The molecule has 0 saturated carbocycles. The number of nitrogens with one attached hydrogen (secondary N) is 2. The van der Waals surface area contributed by atoms with E-state index >= 15 is 0 Å². The predicted molar refractivity (Wildman–Crippen MR) is 93.2 cm³/mol. The molecule has 3 rings (SSSR count). The minimum Gasteiger partial charge on any atom is -0.461 e. The Balaban J connectivity index is 1.49. The molecule has 8 nitrogen and oxygen atoms in total. The maximum atomic E-state index is 12.0. The monoisotopic (exact) mass is 354 g/mol. The highest BCUT2D eigenvalue weighted by atomic mass is 16.5. The molecular weight excluding hydrogens is 336 g/mol. The van der Waals surface area contributed by atoms with Gasteiger partial charge < -0.3 is 19.6 Å². The molecule has 3 aromatic rings. The van der Waals surface area contributed by atoms with Crippen LogP contribution in [0.5, 0.6) is 0 Å². The maximum Gasteiger partial charge on any atom is 0.238 e. The van der Waals surface area contributed by atoms with E-state index in [1.54, 1.807) is 43.4 Å². The van der Waals surface area contributed by atoms with Gasteiger partial charge in [-0.05, 0) is 29.8 Å². The zero-order valence-corrected chi connectivity index (χ0v) is 14.2. The first-order valence-corrected chi connectivity index (χ1v) is 8.10. The number of aryl methyl sites for hydroxylation is 1. The highest BCUT2D eigenvalue weighted by Gasteiger charge is 2.12. The highest BCUT2D eigenvalue weighted by molar-refractivity contribution is 5.90. The van der Waals surface area contributed by atoms with Crippen LogP contribution in [-0.4, -0.2) is 29.0 Å². The number of carbonyl (C=O) groups excluding carboxylic acids is 2. The van der Waals surface area contributed by atoms with E-state index in [1.165, 1.54) is 6.26 Å². The lowest BCUT2D eigenvalue weighted by Crippen LogP contribution is -2.19. The Morgan fingerprint density at radius 3 is 2.62 bits per heavy atom. The lowest BCUT2D eigenvalue weighted by atomic mass is 10.1. The average molecular weight is 354 g/mol. The number of aromatic nitrogens is 2. The predicted octanol–water partition coefficient (Wildman–Crippen LogP) is 2.19. The summed E-state index contributed by atoms with van der Waals surface area (Å²) >= 11 is 0. The number of hydrogen-bond acceptors (Lipinski definition) is 6. The number of hydrogen-bond donors (Lipinski definition) is 2. The molecule has 2 N–H and O–H groups in total. The number of rotatable bonds is 7. The van der Waals surface area contributed by atoms with Gasteiger partial charge in [-0.15, -0.1) is 0 Å². The van der Waals surface area contributed by atoms with Crippen LogP contribution in [0.4, 0.5) is 5.69 Å². The van der Waals surface area contributed by atoms with E-state index in [0.29, 0.717) is 36.0 Å². The Morgan fingerprint density at radius 1 is 1.12 bits per heavy atom. The van der Waals surface area contributed by atoms with Crippen LogP contribution in [0.1, 0.15) is 17.9 Å². The molecule has 1 aromatic carbocycles. The summed E-state index contributed by atoms with van der Waals surface area (Å²) in [5, 5.41) is 9.18. The number of benzene rings is 1. The minimum absolute atomic E-state index is 0.0599. The van der Waals surface area contributed by atoms with Crippen molar-refractivity contribution in [3.8, 4) is 11.6 Å². The van der Waals surface area contributed by atoms with Crippen LogP contribution in [0.15, 0.2) is 51.6 Å². The van der Waals surface area contributed by atoms with E-state index in [9.17, 15) is 9.59 Å². The molecular formula is C18H18N4O4. The quantitative estimate of drug-likeness (QED) is 0.673. The number of nitrogens with zero attached hydrogens (tertiary/aromatic N) is 2. The second-order valence-corrected chi connectivity index (χ2v) is 5.58. The van der Waals surface area contributed by atoms with Crippen LogP contribution in [0.3, 0.4) is 0 Å². The van der Waals surface area contributed by atoms with E-state index in [1.807, 2.05) is 0 Å². The second kappa shape index (κ2) is 8.11. The second-order valence-electron chi connectivity index (χ2n) is 5.58. The third-order valence-electron chi connectivity index (χ3n) is 3.66. The van der Waals surface area contributed by atoms with Gasteiger partial charge in [0.1, 0.15) is 0 Å². The summed E-state index contributed by atoms with van der Waals surface area (Å²) < 4.78 is 10.3. The molecule has 0 spiro atoms. The standard InChI is InChI=1S/C18H18N4O4/c1-19-16(24)11-12-4-6-13(7-5-12)20-15(23)8-9-17-21-18(22-26-17)14-3-2-10-25-14/h2-7,10H,8-9,11H2,1H3,(H,19,24)(H,20,23). The molecule has 26 heavy (non-hydrogen) atoms. The van der Waals surface area contributed by atoms with Crippen LogP contribution >= 0.6 is 0 Å². The normalized spacial score (nSPS) is 10.5. The SMILES string of the molecule is CNC(=O)Cc1ccc(NC(=O)CCc2nc(-c3ccco3)no2)cc1. The number of likely N-dealkylation sites (N-methyl/N-ethyl adjacent to an activating group) is 1. The van der Waals surface area contributed by atoms with E-state index in [-0.39, 0.29) is 18.2 Å². The zero-order chi connectivity index (χ0) is 18.4. The average Bonchev–Trinajstić information content (AvgIpc) is 3.33. The first-order valence-electron chi connectivity index (χ1n) is 8.10. The number of carbonyl (C=O) groups is 2. The fourth-order valence-corrected chi connectivity index (χ4v) is 2.29. The lowest BCUT2D eigenvalue weighted by molar-refractivity contribution is -0.120. The van der Waals surface area contributed by atoms with Crippen molar-refractivity contribution < 1.29 is 18.5 Å². The molecule has 0 radical (unpaired) electrons. The van der Waals surface area contributed by atoms with Crippen LogP contribution in [0.25, 0.3) is 11.6 Å². The molecule has 2 amide bonds.